The van der Waals surface area contributed by atoms with Crippen molar-refractivity contribution in [1.82, 2.24) is 0 Å². The maximum absolute atomic E-state index is 6.34. The zero-order valence-electron chi connectivity index (χ0n) is 18.3. The first kappa shape index (κ1) is 25.9. The number of ether oxygens (including phenoxy) is 1. The maximum Gasteiger partial charge on any atom is 0.267 e. The van der Waals surface area contributed by atoms with Gasteiger partial charge in [-0.2, -0.15) is 0 Å². The summed E-state index contributed by atoms with van der Waals surface area (Å²) in [5.74, 6) is 2.55. The first-order chi connectivity index (χ1) is 13.9. The van der Waals surface area contributed by atoms with E-state index in [9.17, 15) is 0 Å². The lowest BCUT2D eigenvalue weighted by molar-refractivity contribution is 0.307. The number of benzene rings is 1. The van der Waals surface area contributed by atoms with E-state index in [2.05, 4.69) is 77.9 Å². The van der Waals surface area contributed by atoms with Crippen molar-refractivity contribution in [3.8, 4) is 5.75 Å². The Labute approximate surface area is 203 Å². The van der Waals surface area contributed by atoms with Gasteiger partial charge in [0.15, 0.2) is 0 Å². The summed E-state index contributed by atoms with van der Waals surface area (Å²) in [6.07, 6.45) is 15.8. The van der Waals surface area contributed by atoms with Crippen LogP contribution < -0.4 is 4.74 Å². The van der Waals surface area contributed by atoms with E-state index in [0.717, 1.165) is 24.8 Å². The smallest absolute Gasteiger partial charge is 0.267 e. The molecule has 1 aromatic carbocycles. The van der Waals surface area contributed by atoms with Gasteiger partial charge >= 0.3 is 0 Å². The average Bonchev–Trinajstić information content (AvgIpc) is 2.71. The summed E-state index contributed by atoms with van der Waals surface area (Å²) in [6, 6.07) is 8.31. The van der Waals surface area contributed by atoms with E-state index in [0.29, 0.717) is 11.8 Å². The molecule has 1 atom stereocenters. The molecule has 2 rings (SSSR count). The predicted molar refractivity (Wildman–Crippen MR) is 142 cm³/mol. The number of unbranched alkanes of at least 4 members (excludes halogenated alkanes) is 2. The molecule has 29 heavy (non-hydrogen) atoms. The minimum atomic E-state index is -1.53. The highest BCUT2D eigenvalue weighted by Gasteiger charge is 2.23. The minimum Gasteiger partial charge on any atom is -0.493 e. The third-order valence-electron chi connectivity index (χ3n) is 6.21. The Kier molecular flexibility index (Phi) is 12.5. The molecular weight excluding hydrogens is 572 g/mol. The van der Waals surface area contributed by atoms with Crippen molar-refractivity contribution >= 4 is 49.8 Å². The summed E-state index contributed by atoms with van der Waals surface area (Å²) in [5.41, 5.74) is 3.06. The quantitative estimate of drug-likeness (QED) is 0.123. The zero-order chi connectivity index (χ0) is 21.1. The van der Waals surface area contributed by atoms with Crippen LogP contribution in [-0.4, -0.2) is 10.5 Å². The summed E-state index contributed by atoms with van der Waals surface area (Å²) < 4.78 is 4.81. The Morgan fingerprint density at radius 3 is 2.38 bits per heavy atom. The molecule has 1 fully saturated rings. The molecule has 0 aliphatic heterocycles. The van der Waals surface area contributed by atoms with E-state index in [1.807, 2.05) is 0 Å². The lowest BCUT2D eigenvalue weighted by atomic mass is 9.81. The number of hydrogen-bond donors (Lipinski definition) is 0. The Bertz CT molecular complexity index is 582. The van der Waals surface area contributed by atoms with Crippen LogP contribution in [0.25, 0.3) is 0 Å². The molecule has 0 aromatic heterocycles. The molecule has 0 radical (unpaired) electrons. The molecule has 0 N–H and O–H groups in total. The molecule has 1 aliphatic carbocycles. The van der Waals surface area contributed by atoms with Gasteiger partial charge in [-0.1, -0.05) is 117 Å². The highest BCUT2D eigenvalue weighted by atomic mass is 80.0. The van der Waals surface area contributed by atoms with Gasteiger partial charge in [0.1, 0.15) is 5.75 Å². The molecule has 0 amide bonds. The second-order valence-electron chi connectivity index (χ2n) is 8.68. The number of hydrogen-bond acceptors (Lipinski definition) is 1. The van der Waals surface area contributed by atoms with Crippen LogP contribution in [0.3, 0.4) is 0 Å². The van der Waals surface area contributed by atoms with Crippen LogP contribution in [-0.2, 0) is 0 Å². The predicted octanol–water partition coefficient (Wildman–Crippen LogP) is 10.1. The summed E-state index contributed by atoms with van der Waals surface area (Å²) in [4.78, 5) is 0. The summed E-state index contributed by atoms with van der Waals surface area (Å²) in [5, 5.41) is 0. The first-order valence-corrected chi connectivity index (χ1v) is 20.8. The van der Waals surface area contributed by atoms with Crippen LogP contribution in [0.2, 0.25) is 6.04 Å². The summed E-state index contributed by atoms with van der Waals surface area (Å²) >= 11 is 11.2. The highest BCUT2D eigenvalue weighted by Crippen LogP contribution is 2.40. The summed E-state index contributed by atoms with van der Waals surface area (Å²) in [7, 11) is 0. The minimum absolute atomic E-state index is 0.689. The fraction of sp³-hybridized carbons (Fsp3) is 0.750. The highest BCUT2D eigenvalue weighted by molar-refractivity contribution is 9.72. The Morgan fingerprint density at radius 2 is 1.72 bits per heavy atom. The van der Waals surface area contributed by atoms with E-state index in [4.69, 9.17) is 4.74 Å². The van der Waals surface area contributed by atoms with Crippen molar-refractivity contribution in [3.05, 3.63) is 29.3 Å². The molecule has 0 saturated heterocycles. The van der Waals surface area contributed by atoms with E-state index in [1.165, 1.54) is 76.2 Å². The molecule has 1 aromatic rings. The molecule has 166 valence electrons. The van der Waals surface area contributed by atoms with Gasteiger partial charge in [-0.25, -0.2) is 0 Å². The van der Waals surface area contributed by atoms with Crippen LogP contribution >= 0.6 is 45.9 Å². The SMILES string of the molecule is CCCCCC(CCC)c1ccc(OCCC[Si](Br)(Br)Br)c(C2CCCCC2)c1. The van der Waals surface area contributed by atoms with E-state index in [1.54, 1.807) is 5.56 Å². The van der Waals surface area contributed by atoms with Gasteiger partial charge in [0, 0.05) is 0 Å². The third-order valence-corrected chi connectivity index (χ3v) is 10.7. The van der Waals surface area contributed by atoms with Crippen molar-refractivity contribution in [2.24, 2.45) is 0 Å². The standard InChI is InChI=1S/C24H39Br3OSi/c1-3-5-7-12-20(11-4-2)22-15-16-24(28-17-10-18-29(25,26)27)23(19-22)21-13-8-6-9-14-21/h15-16,19-21H,3-14,17-18H2,1-2H3. The topological polar surface area (TPSA) is 9.23 Å². The van der Waals surface area contributed by atoms with Gasteiger partial charge in [0.25, 0.3) is 3.93 Å². The van der Waals surface area contributed by atoms with Gasteiger partial charge in [-0.3, -0.25) is 0 Å². The van der Waals surface area contributed by atoms with E-state index in [-0.39, 0.29) is 0 Å². The van der Waals surface area contributed by atoms with Gasteiger partial charge in [0.2, 0.25) is 0 Å². The normalized spacial score (nSPS) is 16.7. The molecule has 0 bridgehead atoms. The van der Waals surface area contributed by atoms with Crippen LogP contribution in [0, 0.1) is 0 Å². The second kappa shape index (κ2) is 14.0. The molecule has 1 unspecified atom stereocenters. The molecule has 0 spiro atoms. The Hall–Kier alpha value is 0.677. The van der Waals surface area contributed by atoms with Gasteiger partial charge in [0.05, 0.1) is 6.61 Å². The molecule has 1 aliphatic rings. The number of halogens is 3. The Balaban J connectivity index is 2.14. The van der Waals surface area contributed by atoms with Crippen LogP contribution in [0.4, 0.5) is 0 Å². The maximum atomic E-state index is 6.34. The lowest BCUT2D eigenvalue weighted by Gasteiger charge is -2.26. The van der Waals surface area contributed by atoms with Gasteiger partial charge in [-0.05, 0) is 67.2 Å². The van der Waals surface area contributed by atoms with Gasteiger partial charge in [-0.15, -0.1) is 0 Å². The third kappa shape index (κ3) is 9.78. The fourth-order valence-electron chi connectivity index (χ4n) is 4.61. The zero-order valence-corrected chi connectivity index (χ0v) is 24.1. The van der Waals surface area contributed by atoms with Crippen molar-refractivity contribution < 1.29 is 4.74 Å². The van der Waals surface area contributed by atoms with Crippen molar-refractivity contribution in [3.63, 3.8) is 0 Å². The molecule has 0 heterocycles. The Morgan fingerprint density at radius 1 is 0.966 bits per heavy atom. The van der Waals surface area contributed by atoms with Crippen LogP contribution in [0.5, 0.6) is 5.75 Å². The monoisotopic (exact) mass is 608 g/mol. The molecule has 1 saturated carbocycles. The van der Waals surface area contributed by atoms with Crippen molar-refractivity contribution in [1.29, 1.82) is 0 Å². The van der Waals surface area contributed by atoms with Crippen molar-refractivity contribution in [2.75, 3.05) is 6.61 Å². The van der Waals surface area contributed by atoms with Crippen LogP contribution in [0.1, 0.15) is 114 Å². The van der Waals surface area contributed by atoms with Crippen LogP contribution in [0.15, 0.2) is 18.2 Å². The van der Waals surface area contributed by atoms with Gasteiger partial charge < -0.3 is 4.74 Å². The first-order valence-electron chi connectivity index (χ1n) is 11.8. The molecule has 1 nitrogen and oxygen atoms in total. The van der Waals surface area contributed by atoms with E-state index >= 15 is 0 Å². The fourth-order valence-corrected chi connectivity index (χ4v) is 7.68. The van der Waals surface area contributed by atoms with E-state index < -0.39 is 3.93 Å². The summed E-state index contributed by atoms with van der Waals surface area (Å²) in [6.45, 7) is 5.42. The largest absolute Gasteiger partial charge is 0.493 e. The lowest BCUT2D eigenvalue weighted by Crippen LogP contribution is -2.11. The molecular formula is C24H39Br3OSi. The average molecular weight is 611 g/mol. The second-order valence-corrected chi connectivity index (χ2v) is 32.2. The van der Waals surface area contributed by atoms with Crippen molar-refractivity contribution in [2.45, 2.75) is 109 Å². The number of rotatable bonds is 13. The molecule has 5 heteroatoms.